The van der Waals surface area contributed by atoms with E-state index in [-0.39, 0.29) is 19.4 Å². The van der Waals surface area contributed by atoms with Crippen molar-refractivity contribution in [2.75, 3.05) is 19.8 Å². The molecular weight excluding hydrogens is 663 g/mol. The highest BCUT2D eigenvalue weighted by atomic mass is 31.2. The van der Waals surface area contributed by atoms with E-state index in [0.29, 0.717) is 12.8 Å². The molecule has 0 heterocycles. The third-order valence-electron chi connectivity index (χ3n) is 8.82. The van der Waals surface area contributed by atoms with E-state index in [1.54, 1.807) is 0 Å². The number of hydrogen-bond donors (Lipinski definition) is 3. The quantitative estimate of drug-likeness (QED) is 0.0314. The number of esters is 2. The Bertz CT molecular complexity index is 870. The summed E-state index contributed by atoms with van der Waals surface area (Å²) >= 11 is 0. The highest BCUT2D eigenvalue weighted by Gasteiger charge is 2.32. The lowest BCUT2D eigenvalue weighted by atomic mass is 10.0. The minimum atomic E-state index is -4.93. The van der Waals surface area contributed by atoms with Gasteiger partial charge in [0.25, 0.3) is 0 Å². The molecule has 0 aromatic heterocycles. The summed E-state index contributed by atoms with van der Waals surface area (Å²) in [5.41, 5.74) is 0. The number of unbranched alkanes of at least 4 members (excludes halogenated alkanes) is 24. The molecule has 0 rings (SSSR count). The maximum atomic E-state index is 12.6. The lowest BCUT2D eigenvalue weighted by Gasteiger charge is -2.21. The molecule has 0 aliphatic rings. The van der Waals surface area contributed by atoms with Gasteiger partial charge in [0.05, 0.1) is 13.2 Å². The first-order valence-electron chi connectivity index (χ1n) is 20.0. The number of phosphoric acid groups is 1. The molecule has 3 atom stereocenters. The molecule has 0 aromatic rings. The van der Waals surface area contributed by atoms with E-state index in [1.807, 2.05) is 0 Å². The number of ether oxygens (including phenoxy) is 2. The minimum absolute atomic E-state index is 0.139. The van der Waals surface area contributed by atoms with Gasteiger partial charge in [-0.2, -0.15) is 0 Å². The van der Waals surface area contributed by atoms with Gasteiger partial charge in [-0.1, -0.05) is 168 Å². The standard InChI is InChI=1S/C38H73O11P/c1-3-5-7-9-11-13-15-17-19-21-23-25-27-29-36(40)46-32-34(33-47-50(44,45)49-35(31-39)38(42)43)48-37(41)30-28-26-24-22-20-18-16-14-12-10-8-6-4-2/h34-35,39H,3-33H2,1-2H3,(H,42,43)(H,44,45)/t34-,35?/m1/s1. The maximum Gasteiger partial charge on any atom is 0.473 e. The number of carboxylic acid groups (broad SMARTS) is 1. The van der Waals surface area contributed by atoms with Gasteiger partial charge in [-0.05, 0) is 12.8 Å². The number of carboxylic acids is 1. The number of carbonyl (C=O) groups is 3. The van der Waals surface area contributed by atoms with Crippen molar-refractivity contribution in [1.82, 2.24) is 0 Å². The molecule has 0 bridgehead atoms. The van der Waals surface area contributed by atoms with Crippen LogP contribution in [0.2, 0.25) is 0 Å². The number of aliphatic hydroxyl groups is 1. The second-order valence-corrected chi connectivity index (χ2v) is 15.1. The SMILES string of the molecule is CCCCCCCCCCCCCCCC(=O)OC[C@H](COP(=O)(O)OC(CO)C(=O)O)OC(=O)CCCCCCCCCCCCCCC. The summed E-state index contributed by atoms with van der Waals surface area (Å²) in [7, 11) is -4.93. The van der Waals surface area contributed by atoms with Crippen LogP contribution in [0.15, 0.2) is 0 Å². The summed E-state index contributed by atoms with van der Waals surface area (Å²) in [5, 5.41) is 18.1. The summed E-state index contributed by atoms with van der Waals surface area (Å²) in [6, 6.07) is 0. The van der Waals surface area contributed by atoms with Crippen molar-refractivity contribution in [3.05, 3.63) is 0 Å². The van der Waals surface area contributed by atoms with Gasteiger partial charge in [-0.15, -0.1) is 0 Å². The summed E-state index contributed by atoms with van der Waals surface area (Å²) < 4.78 is 32.3. The molecule has 0 aliphatic carbocycles. The molecule has 50 heavy (non-hydrogen) atoms. The molecular formula is C38H73O11P. The monoisotopic (exact) mass is 736 g/mol. The molecule has 11 nitrogen and oxygen atoms in total. The maximum absolute atomic E-state index is 12.6. The number of aliphatic hydroxyl groups excluding tert-OH is 1. The van der Waals surface area contributed by atoms with Gasteiger partial charge in [-0.25, -0.2) is 9.36 Å². The molecule has 3 N–H and O–H groups in total. The van der Waals surface area contributed by atoms with Crippen LogP contribution in [-0.2, 0) is 37.5 Å². The summed E-state index contributed by atoms with van der Waals surface area (Å²) in [6.45, 7) is 2.37. The zero-order valence-electron chi connectivity index (χ0n) is 31.6. The Morgan fingerprint density at radius 2 is 0.920 bits per heavy atom. The Hall–Kier alpha value is -1.52. The van der Waals surface area contributed by atoms with Crippen molar-refractivity contribution in [2.24, 2.45) is 0 Å². The topological polar surface area (TPSA) is 166 Å². The first kappa shape index (κ1) is 48.5. The number of carbonyl (C=O) groups excluding carboxylic acids is 2. The van der Waals surface area contributed by atoms with Crippen molar-refractivity contribution in [1.29, 1.82) is 0 Å². The van der Waals surface area contributed by atoms with Gasteiger partial charge in [-0.3, -0.25) is 18.6 Å². The van der Waals surface area contributed by atoms with Crippen LogP contribution in [0.4, 0.5) is 0 Å². The van der Waals surface area contributed by atoms with Crippen LogP contribution in [0.5, 0.6) is 0 Å². The lowest BCUT2D eigenvalue weighted by Crippen LogP contribution is -2.31. The molecule has 296 valence electrons. The fourth-order valence-corrected chi connectivity index (χ4v) is 6.61. The molecule has 0 aromatic carbocycles. The van der Waals surface area contributed by atoms with Crippen LogP contribution < -0.4 is 0 Å². The smallest absolute Gasteiger partial charge is 0.473 e. The van der Waals surface area contributed by atoms with E-state index in [9.17, 15) is 23.8 Å². The van der Waals surface area contributed by atoms with Gasteiger partial charge in [0, 0.05) is 12.8 Å². The third-order valence-corrected chi connectivity index (χ3v) is 9.82. The molecule has 0 saturated carbocycles. The normalized spacial score (nSPS) is 13.8. The van der Waals surface area contributed by atoms with Gasteiger partial charge >= 0.3 is 25.7 Å². The largest absolute Gasteiger partial charge is 0.479 e. The number of hydrogen-bond acceptors (Lipinski definition) is 9. The molecule has 12 heteroatoms. The zero-order valence-corrected chi connectivity index (χ0v) is 32.5. The second-order valence-electron chi connectivity index (χ2n) is 13.7. The molecule has 2 unspecified atom stereocenters. The summed E-state index contributed by atoms with van der Waals surface area (Å²) in [5.74, 6) is -2.67. The van der Waals surface area contributed by atoms with Crippen molar-refractivity contribution >= 4 is 25.7 Å². The first-order valence-corrected chi connectivity index (χ1v) is 21.5. The fourth-order valence-electron chi connectivity index (χ4n) is 5.72. The van der Waals surface area contributed by atoms with Crippen molar-refractivity contribution in [3.63, 3.8) is 0 Å². The van der Waals surface area contributed by atoms with Crippen LogP contribution in [0.25, 0.3) is 0 Å². The van der Waals surface area contributed by atoms with E-state index in [1.165, 1.54) is 116 Å². The van der Waals surface area contributed by atoms with Crippen LogP contribution >= 0.6 is 7.82 Å². The lowest BCUT2D eigenvalue weighted by molar-refractivity contribution is -0.161. The van der Waals surface area contributed by atoms with Crippen LogP contribution in [-0.4, -0.2) is 65.0 Å². The molecule has 0 spiro atoms. The Morgan fingerprint density at radius 3 is 1.28 bits per heavy atom. The number of aliphatic carboxylic acids is 1. The number of phosphoric ester groups is 1. The van der Waals surface area contributed by atoms with Crippen molar-refractivity contribution in [2.45, 2.75) is 206 Å². The molecule has 0 amide bonds. The van der Waals surface area contributed by atoms with Crippen molar-refractivity contribution in [3.8, 4) is 0 Å². The van der Waals surface area contributed by atoms with Gasteiger partial charge in [0.1, 0.15) is 6.61 Å². The first-order chi connectivity index (χ1) is 24.1. The van der Waals surface area contributed by atoms with Gasteiger partial charge in [0.2, 0.25) is 0 Å². The molecule has 0 saturated heterocycles. The molecule has 0 aliphatic heterocycles. The van der Waals surface area contributed by atoms with E-state index in [4.69, 9.17) is 24.2 Å². The van der Waals surface area contributed by atoms with Crippen LogP contribution in [0.3, 0.4) is 0 Å². The fraction of sp³-hybridized carbons (Fsp3) is 0.921. The Labute approximate surface area is 303 Å². The molecule has 0 fully saturated rings. The van der Waals surface area contributed by atoms with Crippen LogP contribution in [0, 0.1) is 0 Å². The predicted molar refractivity (Wildman–Crippen MR) is 197 cm³/mol. The van der Waals surface area contributed by atoms with Gasteiger partial charge < -0.3 is 24.6 Å². The molecule has 0 radical (unpaired) electrons. The Morgan fingerprint density at radius 1 is 0.560 bits per heavy atom. The van der Waals surface area contributed by atoms with Crippen molar-refractivity contribution < 1.29 is 52.6 Å². The van der Waals surface area contributed by atoms with Gasteiger partial charge in [0.15, 0.2) is 12.2 Å². The van der Waals surface area contributed by atoms with E-state index in [0.717, 1.165) is 38.5 Å². The minimum Gasteiger partial charge on any atom is -0.479 e. The second kappa shape index (κ2) is 34.6. The average molecular weight is 737 g/mol. The van der Waals surface area contributed by atoms with E-state index in [2.05, 4.69) is 18.4 Å². The predicted octanol–water partition coefficient (Wildman–Crippen LogP) is 9.98. The Kier molecular flexibility index (Phi) is 33.5. The number of rotatable bonds is 38. The van der Waals surface area contributed by atoms with E-state index >= 15 is 0 Å². The summed E-state index contributed by atoms with van der Waals surface area (Å²) in [6.07, 6.45) is 27.9. The van der Waals surface area contributed by atoms with E-state index < -0.39 is 51.2 Å². The zero-order chi connectivity index (χ0) is 37.1. The third kappa shape index (κ3) is 32.4. The highest BCUT2D eigenvalue weighted by molar-refractivity contribution is 7.47. The Balaban J connectivity index is 4.42. The summed E-state index contributed by atoms with van der Waals surface area (Å²) in [4.78, 5) is 45.9. The van der Waals surface area contributed by atoms with Crippen LogP contribution in [0.1, 0.15) is 194 Å². The highest BCUT2D eigenvalue weighted by Crippen LogP contribution is 2.44. The average Bonchev–Trinajstić information content (AvgIpc) is 3.08.